The summed E-state index contributed by atoms with van der Waals surface area (Å²) in [6, 6.07) is 13.1. The number of thiocarbonyl (C=S) groups is 1. The number of para-hydroxylation sites is 2. The summed E-state index contributed by atoms with van der Waals surface area (Å²) in [5.74, 6) is 0.107. The zero-order valence-electron chi connectivity index (χ0n) is 16.8. The van der Waals surface area contributed by atoms with Crippen molar-refractivity contribution in [3.8, 4) is 5.75 Å². The van der Waals surface area contributed by atoms with E-state index in [1.807, 2.05) is 50.2 Å². The number of carbonyl (C=O) groups is 2. The van der Waals surface area contributed by atoms with Crippen LogP contribution in [0.2, 0.25) is 0 Å². The van der Waals surface area contributed by atoms with Crippen LogP contribution in [0.5, 0.6) is 5.75 Å². The number of rotatable bonds is 7. The minimum Gasteiger partial charge on any atom is -0.483 e. The number of nitrogens with zero attached hydrogens (tertiary/aromatic N) is 1. The Morgan fingerprint density at radius 3 is 2.60 bits per heavy atom. The summed E-state index contributed by atoms with van der Waals surface area (Å²) in [4.78, 5) is 27.0. The molecule has 0 saturated carbocycles. The number of anilines is 1. The number of nitrogens with one attached hydrogen (secondary N) is 1. The molecule has 2 amide bonds. The van der Waals surface area contributed by atoms with Gasteiger partial charge in [-0.15, -0.1) is 6.58 Å². The second-order valence-electron chi connectivity index (χ2n) is 6.72. The van der Waals surface area contributed by atoms with Gasteiger partial charge in [-0.25, -0.2) is 0 Å². The molecule has 3 rings (SSSR count). The van der Waals surface area contributed by atoms with Crippen molar-refractivity contribution in [2.75, 3.05) is 18.5 Å². The summed E-state index contributed by atoms with van der Waals surface area (Å²) in [6.07, 6.45) is 3.38. The van der Waals surface area contributed by atoms with Gasteiger partial charge in [0.15, 0.2) is 6.61 Å². The van der Waals surface area contributed by atoms with E-state index in [9.17, 15) is 9.59 Å². The highest BCUT2D eigenvalue weighted by molar-refractivity contribution is 8.26. The molecule has 1 aliphatic rings. The maximum Gasteiger partial charge on any atom is 0.266 e. The number of carbonyl (C=O) groups excluding carboxylic acids is 2. The average molecular weight is 439 g/mol. The van der Waals surface area contributed by atoms with E-state index in [2.05, 4.69) is 11.9 Å². The topological polar surface area (TPSA) is 58.6 Å². The van der Waals surface area contributed by atoms with Crippen molar-refractivity contribution in [3.63, 3.8) is 0 Å². The zero-order chi connectivity index (χ0) is 21.7. The molecule has 5 nitrogen and oxygen atoms in total. The summed E-state index contributed by atoms with van der Waals surface area (Å²) < 4.78 is 6.26. The van der Waals surface area contributed by atoms with E-state index in [0.29, 0.717) is 27.1 Å². The summed E-state index contributed by atoms with van der Waals surface area (Å²) in [5.41, 5.74) is 3.48. The van der Waals surface area contributed by atoms with Gasteiger partial charge in [-0.1, -0.05) is 66.5 Å². The van der Waals surface area contributed by atoms with E-state index in [0.717, 1.165) is 16.8 Å². The van der Waals surface area contributed by atoms with Crippen LogP contribution in [0.3, 0.4) is 0 Å². The van der Waals surface area contributed by atoms with Crippen molar-refractivity contribution in [2.45, 2.75) is 13.8 Å². The first-order chi connectivity index (χ1) is 14.4. The lowest BCUT2D eigenvalue weighted by atomic mass is 10.1. The molecule has 2 aromatic rings. The number of ether oxygens (including phenoxy) is 1. The molecule has 0 atom stereocenters. The van der Waals surface area contributed by atoms with Gasteiger partial charge in [0.05, 0.1) is 4.91 Å². The standard InChI is InChI=1S/C23H22N2O3S2/c1-4-12-25-22(27)19(30-23(25)29)13-17-10-5-6-11-18(17)28-14-20(26)24-21-15(2)8-7-9-16(21)3/h4-11,13H,1,12,14H2,2-3H3,(H,24,26)/b19-13-. The molecule has 0 spiro atoms. The molecule has 154 valence electrons. The Labute approximate surface area is 185 Å². The molecule has 0 radical (unpaired) electrons. The maximum absolute atomic E-state index is 12.6. The van der Waals surface area contributed by atoms with Crippen LogP contribution in [0.4, 0.5) is 5.69 Å². The van der Waals surface area contributed by atoms with Gasteiger partial charge in [0.2, 0.25) is 0 Å². The molecule has 0 aliphatic carbocycles. The fourth-order valence-corrected chi connectivity index (χ4v) is 4.26. The molecule has 2 aromatic carbocycles. The lowest BCUT2D eigenvalue weighted by Gasteiger charge is -2.13. The monoisotopic (exact) mass is 438 g/mol. The van der Waals surface area contributed by atoms with Gasteiger partial charge < -0.3 is 10.1 Å². The first kappa shape index (κ1) is 21.8. The molecule has 1 saturated heterocycles. The van der Waals surface area contributed by atoms with Crippen LogP contribution in [0, 0.1) is 13.8 Å². The molecule has 0 bridgehead atoms. The first-order valence-corrected chi connectivity index (χ1v) is 10.6. The van der Waals surface area contributed by atoms with E-state index in [1.165, 1.54) is 16.7 Å². The average Bonchev–Trinajstić information content (AvgIpc) is 2.98. The van der Waals surface area contributed by atoms with Crippen LogP contribution in [0.1, 0.15) is 16.7 Å². The number of hydrogen-bond donors (Lipinski definition) is 1. The van der Waals surface area contributed by atoms with E-state index >= 15 is 0 Å². The molecule has 1 N–H and O–H groups in total. The molecular weight excluding hydrogens is 416 g/mol. The lowest BCUT2D eigenvalue weighted by Crippen LogP contribution is -2.27. The van der Waals surface area contributed by atoms with Gasteiger partial charge in [0.25, 0.3) is 11.8 Å². The Kier molecular flexibility index (Phi) is 7.07. The Morgan fingerprint density at radius 2 is 1.90 bits per heavy atom. The summed E-state index contributed by atoms with van der Waals surface area (Å²) in [6.45, 7) is 7.78. The summed E-state index contributed by atoms with van der Waals surface area (Å²) in [5, 5.41) is 2.90. The minimum atomic E-state index is -0.250. The van der Waals surface area contributed by atoms with Crippen LogP contribution in [-0.2, 0) is 9.59 Å². The molecule has 1 fully saturated rings. The third-order valence-corrected chi connectivity index (χ3v) is 5.87. The Hall–Kier alpha value is -2.90. The predicted molar refractivity (Wildman–Crippen MR) is 127 cm³/mol. The van der Waals surface area contributed by atoms with Crippen LogP contribution < -0.4 is 10.1 Å². The van der Waals surface area contributed by atoms with E-state index < -0.39 is 0 Å². The van der Waals surface area contributed by atoms with Gasteiger partial charge in [0, 0.05) is 17.8 Å². The summed E-state index contributed by atoms with van der Waals surface area (Å²) >= 11 is 6.51. The highest BCUT2D eigenvalue weighted by atomic mass is 32.2. The van der Waals surface area contributed by atoms with E-state index in [-0.39, 0.29) is 18.4 Å². The smallest absolute Gasteiger partial charge is 0.266 e. The van der Waals surface area contributed by atoms with Crippen LogP contribution in [-0.4, -0.2) is 34.2 Å². The van der Waals surface area contributed by atoms with Crippen molar-refractivity contribution in [3.05, 3.63) is 76.7 Å². The minimum absolute atomic E-state index is 0.143. The second kappa shape index (κ2) is 9.73. The fourth-order valence-electron chi connectivity index (χ4n) is 2.99. The van der Waals surface area contributed by atoms with E-state index in [4.69, 9.17) is 17.0 Å². The molecule has 30 heavy (non-hydrogen) atoms. The third-order valence-electron chi connectivity index (χ3n) is 4.50. The molecule has 0 aromatic heterocycles. The highest BCUT2D eigenvalue weighted by Crippen LogP contribution is 2.34. The van der Waals surface area contributed by atoms with Crippen molar-refractivity contribution in [2.24, 2.45) is 0 Å². The van der Waals surface area contributed by atoms with Crippen LogP contribution in [0.15, 0.2) is 60.0 Å². The number of hydrogen-bond acceptors (Lipinski definition) is 5. The first-order valence-electron chi connectivity index (χ1n) is 9.35. The van der Waals surface area contributed by atoms with Gasteiger partial charge in [-0.2, -0.15) is 0 Å². The normalized spacial score (nSPS) is 14.9. The number of benzene rings is 2. The quantitative estimate of drug-likeness (QED) is 0.385. The Balaban J connectivity index is 1.72. The molecule has 7 heteroatoms. The SMILES string of the molecule is C=CCN1C(=O)/C(=C/c2ccccc2OCC(=O)Nc2c(C)cccc2C)SC1=S. The van der Waals surface area contributed by atoms with Gasteiger partial charge in [-0.3, -0.25) is 14.5 Å². The molecule has 1 heterocycles. The van der Waals surface area contributed by atoms with Crippen LogP contribution in [0.25, 0.3) is 6.08 Å². The molecule has 1 aliphatic heterocycles. The lowest BCUT2D eigenvalue weighted by molar-refractivity contribution is -0.121. The van der Waals surface area contributed by atoms with Gasteiger partial charge in [-0.05, 0) is 37.1 Å². The number of aryl methyl sites for hydroxylation is 2. The Morgan fingerprint density at radius 1 is 1.20 bits per heavy atom. The van der Waals surface area contributed by atoms with Crippen molar-refractivity contribution >= 4 is 51.9 Å². The van der Waals surface area contributed by atoms with E-state index in [1.54, 1.807) is 18.2 Å². The predicted octanol–water partition coefficient (Wildman–Crippen LogP) is 4.71. The molecule has 0 unspecified atom stereocenters. The summed E-state index contributed by atoms with van der Waals surface area (Å²) in [7, 11) is 0. The second-order valence-corrected chi connectivity index (χ2v) is 8.40. The third kappa shape index (κ3) is 4.98. The van der Waals surface area contributed by atoms with Crippen molar-refractivity contribution in [1.29, 1.82) is 0 Å². The van der Waals surface area contributed by atoms with Gasteiger partial charge in [0.1, 0.15) is 10.1 Å². The van der Waals surface area contributed by atoms with Gasteiger partial charge >= 0.3 is 0 Å². The van der Waals surface area contributed by atoms with Crippen LogP contribution >= 0.6 is 24.0 Å². The zero-order valence-corrected chi connectivity index (χ0v) is 18.4. The largest absolute Gasteiger partial charge is 0.483 e. The Bertz CT molecular complexity index is 1030. The molecular formula is C23H22N2O3S2. The van der Waals surface area contributed by atoms with Crippen molar-refractivity contribution < 1.29 is 14.3 Å². The maximum atomic E-state index is 12.6. The van der Waals surface area contributed by atoms with Crippen molar-refractivity contribution in [1.82, 2.24) is 4.90 Å². The number of amides is 2. The fraction of sp³-hybridized carbons (Fsp3) is 0.174. The number of thioether (sulfide) groups is 1. The highest BCUT2D eigenvalue weighted by Gasteiger charge is 2.31.